The predicted octanol–water partition coefficient (Wildman–Crippen LogP) is 2.53. The second-order valence-electron chi connectivity index (χ2n) is 5.10. The highest BCUT2D eigenvalue weighted by Crippen LogP contribution is 2.19. The van der Waals surface area contributed by atoms with Crippen LogP contribution in [0.3, 0.4) is 0 Å². The van der Waals surface area contributed by atoms with Gasteiger partial charge in [-0.2, -0.15) is 0 Å². The van der Waals surface area contributed by atoms with Crippen LogP contribution in [-0.2, 0) is 0 Å². The summed E-state index contributed by atoms with van der Waals surface area (Å²) in [6, 6.07) is 2.04. The van der Waals surface area contributed by atoms with Crippen LogP contribution < -0.4 is 10.6 Å². The summed E-state index contributed by atoms with van der Waals surface area (Å²) >= 11 is 0. The van der Waals surface area contributed by atoms with Crippen molar-refractivity contribution in [1.82, 2.24) is 15.3 Å². The second kappa shape index (κ2) is 7.62. The van der Waals surface area contributed by atoms with Gasteiger partial charge in [0.15, 0.2) is 0 Å². The van der Waals surface area contributed by atoms with Crippen LogP contribution >= 0.6 is 0 Å². The molecule has 0 aliphatic heterocycles. The SMILES string of the molecule is C=CCNC(=O)c1ccnc(NC2CCCCCC2)n1. The first kappa shape index (κ1) is 14.5. The first-order valence-electron chi connectivity index (χ1n) is 7.28. The van der Waals surface area contributed by atoms with Crippen molar-refractivity contribution in [3.63, 3.8) is 0 Å². The quantitative estimate of drug-likeness (QED) is 0.639. The molecule has 20 heavy (non-hydrogen) atoms. The molecule has 5 heteroatoms. The average Bonchev–Trinajstić information content (AvgIpc) is 2.73. The zero-order valence-electron chi connectivity index (χ0n) is 11.8. The van der Waals surface area contributed by atoms with Crippen molar-refractivity contribution in [2.45, 2.75) is 44.6 Å². The third-order valence-electron chi connectivity index (χ3n) is 3.48. The van der Waals surface area contributed by atoms with Gasteiger partial charge in [-0.15, -0.1) is 6.58 Å². The number of nitrogens with one attached hydrogen (secondary N) is 2. The highest BCUT2D eigenvalue weighted by molar-refractivity contribution is 5.92. The number of aromatic nitrogens is 2. The van der Waals surface area contributed by atoms with Gasteiger partial charge in [0.1, 0.15) is 5.69 Å². The number of hydrogen-bond donors (Lipinski definition) is 2. The Morgan fingerprint density at radius 1 is 1.35 bits per heavy atom. The van der Waals surface area contributed by atoms with Gasteiger partial charge in [-0.05, 0) is 18.9 Å². The van der Waals surface area contributed by atoms with Crippen LogP contribution in [0.1, 0.15) is 49.0 Å². The van der Waals surface area contributed by atoms with E-state index in [2.05, 4.69) is 27.2 Å². The van der Waals surface area contributed by atoms with Crippen molar-refractivity contribution in [2.75, 3.05) is 11.9 Å². The zero-order valence-corrected chi connectivity index (χ0v) is 11.8. The summed E-state index contributed by atoms with van der Waals surface area (Å²) in [6.07, 6.45) is 10.7. The van der Waals surface area contributed by atoms with Crippen molar-refractivity contribution in [3.05, 3.63) is 30.6 Å². The Kier molecular flexibility index (Phi) is 5.53. The lowest BCUT2D eigenvalue weighted by Gasteiger charge is -2.16. The third-order valence-corrected chi connectivity index (χ3v) is 3.48. The number of carbonyl (C=O) groups excluding carboxylic acids is 1. The Hall–Kier alpha value is -1.91. The summed E-state index contributed by atoms with van der Waals surface area (Å²) in [5, 5.41) is 6.06. The van der Waals surface area contributed by atoms with Gasteiger partial charge in [0.2, 0.25) is 5.95 Å². The maximum absolute atomic E-state index is 11.8. The Balaban J connectivity index is 1.97. The van der Waals surface area contributed by atoms with Gasteiger partial charge in [0.25, 0.3) is 5.91 Å². The number of carbonyl (C=O) groups is 1. The fourth-order valence-corrected chi connectivity index (χ4v) is 2.42. The van der Waals surface area contributed by atoms with Crippen LogP contribution in [0.5, 0.6) is 0 Å². The molecular weight excluding hydrogens is 252 g/mol. The first-order valence-corrected chi connectivity index (χ1v) is 7.28. The van der Waals surface area contributed by atoms with Gasteiger partial charge >= 0.3 is 0 Å². The van der Waals surface area contributed by atoms with E-state index in [9.17, 15) is 4.79 Å². The van der Waals surface area contributed by atoms with Crippen molar-refractivity contribution >= 4 is 11.9 Å². The molecule has 1 aromatic heterocycles. The zero-order chi connectivity index (χ0) is 14.2. The van der Waals surface area contributed by atoms with Crippen molar-refractivity contribution in [1.29, 1.82) is 0 Å². The van der Waals surface area contributed by atoms with Crippen LogP contribution in [0, 0.1) is 0 Å². The summed E-state index contributed by atoms with van der Waals surface area (Å²) in [4.78, 5) is 20.3. The van der Waals surface area contributed by atoms with Crippen LogP contribution in [0.2, 0.25) is 0 Å². The number of nitrogens with zero attached hydrogens (tertiary/aromatic N) is 2. The van der Waals surface area contributed by atoms with E-state index in [-0.39, 0.29) is 5.91 Å². The summed E-state index contributed by atoms with van der Waals surface area (Å²) in [6.45, 7) is 4.01. The number of hydrogen-bond acceptors (Lipinski definition) is 4. The molecule has 0 saturated heterocycles. The molecule has 1 aromatic rings. The second-order valence-corrected chi connectivity index (χ2v) is 5.10. The lowest BCUT2D eigenvalue weighted by Crippen LogP contribution is -2.25. The van der Waals surface area contributed by atoms with E-state index >= 15 is 0 Å². The summed E-state index contributed by atoms with van der Waals surface area (Å²) in [5.74, 6) is 0.347. The van der Waals surface area contributed by atoms with Gasteiger partial charge in [-0.1, -0.05) is 31.8 Å². The topological polar surface area (TPSA) is 66.9 Å². The largest absolute Gasteiger partial charge is 0.351 e. The molecule has 0 radical (unpaired) electrons. The van der Waals surface area contributed by atoms with Gasteiger partial charge in [0.05, 0.1) is 0 Å². The molecule has 108 valence electrons. The Bertz CT molecular complexity index is 453. The molecule has 2 rings (SSSR count). The van der Waals surface area contributed by atoms with E-state index in [1.54, 1.807) is 18.3 Å². The molecule has 1 fully saturated rings. The molecule has 0 atom stereocenters. The van der Waals surface area contributed by atoms with Gasteiger partial charge in [-0.3, -0.25) is 4.79 Å². The van der Waals surface area contributed by atoms with E-state index in [1.807, 2.05) is 0 Å². The summed E-state index contributed by atoms with van der Waals surface area (Å²) in [5.41, 5.74) is 0.387. The van der Waals surface area contributed by atoms with E-state index < -0.39 is 0 Å². The molecular formula is C15H22N4O. The van der Waals surface area contributed by atoms with Crippen molar-refractivity contribution in [2.24, 2.45) is 0 Å². The monoisotopic (exact) mass is 274 g/mol. The van der Waals surface area contributed by atoms with E-state index in [0.29, 0.717) is 24.2 Å². The van der Waals surface area contributed by atoms with E-state index in [4.69, 9.17) is 0 Å². The molecule has 1 saturated carbocycles. The molecule has 1 aliphatic rings. The van der Waals surface area contributed by atoms with Crippen molar-refractivity contribution in [3.8, 4) is 0 Å². The molecule has 1 amide bonds. The van der Waals surface area contributed by atoms with E-state index in [0.717, 1.165) is 12.8 Å². The first-order chi connectivity index (χ1) is 9.79. The molecule has 0 spiro atoms. The average molecular weight is 274 g/mol. The minimum absolute atomic E-state index is 0.198. The van der Waals surface area contributed by atoms with Gasteiger partial charge < -0.3 is 10.6 Å². The number of rotatable bonds is 5. The molecule has 0 aromatic carbocycles. The normalized spacial score (nSPS) is 16.2. The number of anilines is 1. The smallest absolute Gasteiger partial charge is 0.270 e. The third kappa shape index (κ3) is 4.33. The van der Waals surface area contributed by atoms with Crippen molar-refractivity contribution < 1.29 is 4.79 Å². The van der Waals surface area contributed by atoms with Crippen LogP contribution in [-0.4, -0.2) is 28.5 Å². The predicted molar refractivity (Wildman–Crippen MR) is 79.7 cm³/mol. The van der Waals surface area contributed by atoms with E-state index in [1.165, 1.54) is 25.7 Å². The summed E-state index contributed by atoms with van der Waals surface area (Å²) < 4.78 is 0. The molecule has 2 N–H and O–H groups in total. The number of amides is 1. The highest BCUT2D eigenvalue weighted by atomic mass is 16.1. The maximum Gasteiger partial charge on any atom is 0.270 e. The lowest BCUT2D eigenvalue weighted by atomic mass is 10.1. The Morgan fingerprint density at radius 3 is 2.80 bits per heavy atom. The minimum Gasteiger partial charge on any atom is -0.351 e. The maximum atomic E-state index is 11.8. The Morgan fingerprint density at radius 2 is 2.10 bits per heavy atom. The highest BCUT2D eigenvalue weighted by Gasteiger charge is 2.14. The fourth-order valence-electron chi connectivity index (χ4n) is 2.42. The molecule has 0 unspecified atom stereocenters. The molecule has 5 nitrogen and oxygen atoms in total. The minimum atomic E-state index is -0.198. The van der Waals surface area contributed by atoms with Gasteiger partial charge in [0, 0.05) is 18.8 Å². The lowest BCUT2D eigenvalue weighted by molar-refractivity contribution is 0.0953. The van der Waals surface area contributed by atoms with Crippen LogP contribution in [0.4, 0.5) is 5.95 Å². The molecule has 0 bridgehead atoms. The standard InChI is InChI=1S/C15H22N4O/c1-2-10-16-14(20)13-9-11-17-15(19-13)18-12-7-5-3-4-6-8-12/h2,9,11-12H,1,3-8,10H2,(H,16,20)(H,17,18,19). The Labute approximate surface area is 119 Å². The molecule has 1 heterocycles. The van der Waals surface area contributed by atoms with Crippen LogP contribution in [0.15, 0.2) is 24.9 Å². The molecule has 1 aliphatic carbocycles. The summed E-state index contributed by atoms with van der Waals surface area (Å²) in [7, 11) is 0. The fraction of sp³-hybridized carbons (Fsp3) is 0.533. The van der Waals surface area contributed by atoms with Crippen LogP contribution in [0.25, 0.3) is 0 Å². The van der Waals surface area contributed by atoms with Gasteiger partial charge in [-0.25, -0.2) is 9.97 Å².